The fourth-order valence-corrected chi connectivity index (χ4v) is 2.39. The number of rotatable bonds is 4. The van der Waals surface area contributed by atoms with Crippen molar-refractivity contribution in [2.24, 2.45) is 5.84 Å². The third-order valence-corrected chi connectivity index (χ3v) is 3.49. The molecule has 4 N–H and O–H groups in total. The number of hydrogen-bond acceptors (Lipinski definition) is 5. The van der Waals surface area contributed by atoms with Crippen LogP contribution in [0.4, 0.5) is 11.8 Å². The molecule has 5 nitrogen and oxygen atoms in total. The molecule has 0 aliphatic heterocycles. The Hall–Kier alpha value is -1.27. The summed E-state index contributed by atoms with van der Waals surface area (Å²) in [5.74, 6) is 6.01. The number of nitrogens with one attached hydrogen (secondary N) is 2. The lowest BCUT2D eigenvalue weighted by Crippen LogP contribution is -2.14. The van der Waals surface area contributed by atoms with Crippen molar-refractivity contribution in [3.63, 3.8) is 0 Å². The molecule has 2 aromatic rings. The fourth-order valence-electron chi connectivity index (χ4n) is 1.67. The van der Waals surface area contributed by atoms with E-state index in [1.807, 2.05) is 13.0 Å². The van der Waals surface area contributed by atoms with Crippen LogP contribution in [-0.4, -0.2) is 9.97 Å². The standard InChI is InChI=1S/C12H12Cl3N5/c1-6(8-3-2-7(13)4-9(8)14)18-11-10(15)5-17-12(19-11)20-16/h2-6H,16H2,1H3,(H2,17,18,19,20). The van der Waals surface area contributed by atoms with E-state index in [4.69, 9.17) is 40.6 Å². The van der Waals surface area contributed by atoms with Gasteiger partial charge < -0.3 is 5.32 Å². The van der Waals surface area contributed by atoms with Crippen LogP contribution < -0.4 is 16.6 Å². The Bertz CT molecular complexity index is 620. The summed E-state index contributed by atoms with van der Waals surface area (Å²) in [5, 5.41) is 4.70. The van der Waals surface area contributed by atoms with Gasteiger partial charge in [-0.25, -0.2) is 10.8 Å². The van der Waals surface area contributed by atoms with E-state index in [9.17, 15) is 0 Å². The van der Waals surface area contributed by atoms with Gasteiger partial charge in [-0.05, 0) is 24.6 Å². The van der Waals surface area contributed by atoms with E-state index in [2.05, 4.69) is 20.7 Å². The summed E-state index contributed by atoms with van der Waals surface area (Å²) < 4.78 is 0. The molecule has 0 amide bonds. The van der Waals surface area contributed by atoms with Crippen LogP contribution in [0.2, 0.25) is 15.1 Å². The summed E-state index contributed by atoms with van der Waals surface area (Å²) in [6.07, 6.45) is 1.46. The monoisotopic (exact) mass is 331 g/mol. The zero-order valence-electron chi connectivity index (χ0n) is 10.5. The molecule has 1 unspecified atom stereocenters. The van der Waals surface area contributed by atoms with E-state index in [-0.39, 0.29) is 12.0 Å². The lowest BCUT2D eigenvalue weighted by Gasteiger charge is -2.17. The molecule has 0 radical (unpaired) electrons. The van der Waals surface area contributed by atoms with Crippen molar-refractivity contribution in [3.8, 4) is 0 Å². The van der Waals surface area contributed by atoms with Crippen molar-refractivity contribution in [2.45, 2.75) is 13.0 Å². The third kappa shape index (κ3) is 3.43. The number of anilines is 2. The lowest BCUT2D eigenvalue weighted by atomic mass is 10.1. The molecule has 0 saturated heterocycles. The molecular formula is C12H12Cl3N5. The minimum atomic E-state index is -0.113. The quantitative estimate of drug-likeness (QED) is 0.585. The van der Waals surface area contributed by atoms with E-state index < -0.39 is 0 Å². The van der Waals surface area contributed by atoms with E-state index in [1.165, 1.54) is 6.20 Å². The first-order valence-electron chi connectivity index (χ1n) is 5.72. The normalized spacial score (nSPS) is 12.1. The Morgan fingerprint density at radius 3 is 2.60 bits per heavy atom. The highest BCUT2D eigenvalue weighted by atomic mass is 35.5. The summed E-state index contributed by atoms with van der Waals surface area (Å²) in [4.78, 5) is 8.05. The van der Waals surface area contributed by atoms with Crippen LogP contribution in [-0.2, 0) is 0 Å². The highest BCUT2D eigenvalue weighted by Gasteiger charge is 2.13. The van der Waals surface area contributed by atoms with Gasteiger partial charge in [0.15, 0.2) is 5.82 Å². The molecule has 0 saturated carbocycles. The van der Waals surface area contributed by atoms with Crippen LogP contribution in [0.1, 0.15) is 18.5 Å². The van der Waals surface area contributed by atoms with Crippen molar-refractivity contribution in [3.05, 3.63) is 45.0 Å². The molecule has 2 rings (SSSR count). The SMILES string of the molecule is CC(Nc1nc(NN)ncc1Cl)c1ccc(Cl)cc1Cl. The number of halogens is 3. The maximum Gasteiger partial charge on any atom is 0.239 e. The zero-order chi connectivity index (χ0) is 14.7. The molecule has 0 bridgehead atoms. The Balaban J connectivity index is 2.25. The van der Waals surface area contributed by atoms with Gasteiger partial charge in [-0.15, -0.1) is 0 Å². The van der Waals surface area contributed by atoms with Crippen molar-refractivity contribution in [1.82, 2.24) is 9.97 Å². The molecule has 0 spiro atoms. The first kappa shape index (κ1) is 15.1. The summed E-state index contributed by atoms with van der Waals surface area (Å²) in [6, 6.07) is 5.19. The number of hydrogen-bond donors (Lipinski definition) is 3. The molecule has 8 heteroatoms. The van der Waals surface area contributed by atoms with Gasteiger partial charge in [0.2, 0.25) is 5.95 Å². The average Bonchev–Trinajstić information content (AvgIpc) is 2.41. The van der Waals surface area contributed by atoms with Crippen LogP contribution >= 0.6 is 34.8 Å². The highest BCUT2D eigenvalue weighted by molar-refractivity contribution is 6.35. The number of hydrazine groups is 1. The number of benzene rings is 1. The van der Waals surface area contributed by atoms with Crippen molar-refractivity contribution < 1.29 is 0 Å². The Morgan fingerprint density at radius 1 is 1.20 bits per heavy atom. The third-order valence-electron chi connectivity index (χ3n) is 2.66. The number of nitrogen functional groups attached to an aromatic ring is 1. The second kappa shape index (κ2) is 6.45. The average molecular weight is 333 g/mol. The van der Waals surface area contributed by atoms with Gasteiger partial charge in [-0.2, -0.15) is 4.98 Å². The molecule has 106 valence electrons. The molecule has 0 aliphatic carbocycles. The molecule has 1 atom stereocenters. The van der Waals surface area contributed by atoms with Gasteiger partial charge in [0.25, 0.3) is 0 Å². The fraction of sp³-hybridized carbons (Fsp3) is 0.167. The second-order valence-electron chi connectivity index (χ2n) is 4.07. The van der Waals surface area contributed by atoms with Crippen LogP contribution in [0, 0.1) is 0 Å². The van der Waals surface area contributed by atoms with Gasteiger partial charge >= 0.3 is 0 Å². The summed E-state index contributed by atoms with van der Waals surface area (Å²) in [7, 11) is 0. The maximum absolute atomic E-state index is 6.17. The van der Waals surface area contributed by atoms with Crippen LogP contribution in [0.15, 0.2) is 24.4 Å². The van der Waals surface area contributed by atoms with Crippen LogP contribution in [0.25, 0.3) is 0 Å². The number of aromatic nitrogens is 2. The van der Waals surface area contributed by atoms with E-state index in [0.717, 1.165) is 5.56 Å². The molecule has 1 aromatic carbocycles. The summed E-state index contributed by atoms with van der Waals surface area (Å²) in [5.41, 5.74) is 3.24. The second-order valence-corrected chi connectivity index (χ2v) is 5.32. The van der Waals surface area contributed by atoms with Crippen molar-refractivity contribution in [1.29, 1.82) is 0 Å². The molecule has 20 heavy (non-hydrogen) atoms. The van der Waals surface area contributed by atoms with Gasteiger partial charge in [0.1, 0.15) is 5.02 Å². The van der Waals surface area contributed by atoms with E-state index >= 15 is 0 Å². The minimum Gasteiger partial charge on any atom is -0.362 e. The smallest absolute Gasteiger partial charge is 0.239 e. The molecule has 0 aliphatic rings. The number of nitrogens with two attached hydrogens (primary N) is 1. The van der Waals surface area contributed by atoms with Gasteiger partial charge in [0, 0.05) is 10.0 Å². The Labute approximate surface area is 131 Å². The van der Waals surface area contributed by atoms with Crippen LogP contribution in [0.5, 0.6) is 0 Å². The van der Waals surface area contributed by atoms with E-state index in [0.29, 0.717) is 20.9 Å². The maximum atomic E-state index is 6.17. The molecule has 1 aromatic heterocycles. The first-order valence-corrected chi connectivity index (χ1v) is 6.85. The Morgan fingerprint density at radius 2 is 1.95 bits per heavy atom. The Kier molecular flexibility index (Phi) is 4.88. The molecule has 0 fully saturated rings. The zero-order valence-corrected chi connectivity index (χ0v) is 12.8. The predicted octanol–water partition coefficient (Wildman–Crippen LogP) is 3.90. The topological polar surface area (TPSA) is 75.9 Å². The van der Waals surface area contributed by atoms with Gasteiger partial charge in [-0.1, -0.05) is 40.9 Å². The summed E-state index contributed by atoms with van der Waals surface area (Å²) >= 11 is 18.1. The van der Waals surface area contributed by atoms with E-state index in [1.54, 1.807) is 12.1 Å². The van der Waals surface area contributed by atoms with Crippen molar-refractivity contribution >= 4 is 46.6 Å². The minimum absolute atomic E-state index is 0.113. The van der Waals surface area contributed by atoms with Gasteiger partial charge in [-0.3, -0.25) is 5.43 Å². The van der Waals surface area contributed by atoms with Crippen molar-refractivity contribution in [2.75, 3.05) is 10.7 Å². The molecular weight excluding hydrogens is 321 g/mol. The summed E-state index contributed by atoms with van der Waals surface area (Å²) in [6.45, 7) is 1.93. The predicted molar refractivity (Wildman–Crippen MR) is 83.4 cm³/mol. The largest absolute Gasteiger partial charge is 0.362 e. The number of nitrogens with zero attached hydrogens (tertiary/aromatic N) is 2. The lowest BCUT2D eigenvalue weighted by molar-refractivity contribution is 0.872. The van der Waals surface area contributed by atoms with Gasteiger partial charge in [0.05, 0.1) is 12.2 Å². The molecule has 1 heterocycles. The highest BCUT2D eigenvalue weighted by Crippen LogP contribution is 2.30. The van der Waals surface area contributed by atoms with Crippen LogP contribution in [0.3, 0.4) is 0 Å². The first-order chi connectivity index (χ1) is 9.51.